The Bertz CT molecular complexity index is 1150. The number of aryl methyl sites for hydroxylation is 1. The molecule has 2 aromatic carbocycles. The largest absolute Gasteiger partial charge is 0.456 e. The van der Waals surface area contributed by atoms with Gasteiger partial charge in [0.25, 0.3) is 10.0 Å². The lowest BCUT2D eigenvalue weighted by Crippen LogP contribution is -2.13. The third kappa shape index (κ3) is 2.32. The lowest BCUT2D eigenvalue weighted by molar-refractivity contribution is 0.601. The highest BCUT2D eigenvalue weighted by molar-refractivity contribution is 7.93. The normalized spacial score (nSPS) is 11.9. The number of sulfonamides is 1. The van der Waals surface area contributed by atoms with Crippen LogP contribution < -0.4 is 4.72 Å². The third-order valence-corrected chi connectivity index (χ3v) is 5.33. The van der Waals surface area contributed by atoms with Gasteiger partial charge in [0.05, 0.1) is 10.6 Å². The number of hydrogen-bond donors (Lipinski definition) is 1. The molecular formula is C18H14N2O3S. The van der Waals surface area contributed by atoms with Crippen LogP contribution in [-0.2, 0) is 10.0 Å². The molecule has 0 aliphatic carbocycles. The summed E-state index contributed by atoms with van der Waals surface area (Å²) in [5.74, 6) is 0. The summed E-state index contributed by atoms with van der Waals surface area (Å²) in [5.41, 5.74) is 2.62. The van der Waals surface area contributed by atoms with Gasteiger partial charge in [0, 0.05) is 23.2 Å². The van der Waals surface area contributed by atoms with Crippen molar-refractivity contribution in [1.82, 2.24) is 4.98 Å². The van der Waals surface area contributed by atoms with Gasteiger partial charge in [-0.15, -0.1) is 0 Å². The van der Waals surface area contributed by atoms with Gasteiger partial charge in [-0.25, -0.2) is 8.42 Å². The van der Waals surface area contributed by atoms with Gasteiger partial charge < -0.3 is 4.42 Å². The number of nitrogens with one attached hydrogen (secondary N) is 1. The van der Waals surface area contributed by atoms with E-state index in [4.69, 9.17) is 4.42 Å². The minimum Gasteiger partial charge on any atom is -0.456 e. The van der Waals surface area contributed by atoms with Gasteiger partial charge in [0.15, 0.2) is 0 Å². The van der Waals surface area contributed by atoms with Crippen molar-refractivity contribution in [1.29, 1.82) is 0 Å². The van der Waals surface area contributed by atoms with E-state index in [9.17, 15) is 8.42 Å². The Balaban J connectivity index is 1.98. The second-order valence-electron chi connectivity index (χ2n) is 5.52. The molecule has 5 nitrogen and oxygen atoms in total. The first kappa shape index (κ1) is 14.7. The van der Waals surface area contributed by atoms with Crippen LogP contribution >= 0.6 is 0 Å². The van der Waals surface area contributed by atoms with Crippen LogP contribution in [0.4, 0.5) is 5.69 Å². The topological polar surface area (TPSA) is 72.2 Å². The van der Waals surface area contributed by atoms with Crippen LogP contribution in [0.25, 0.3) is 21.9 Å². The van der Waals surface area contributed by atoms with E-state index in [0.717, 1.165) is 10.9 Å². The van der Waals surface area contributed by atoms with Gasteiger partial charge in [-0.1, -0.05) is 24.3 Å². The Morgan fingerprint density at radius 3 is 2.54 bits per heavy atom. The molecule has 0 bridgehead atoms. The second kappa shape index (κ2) is 5.35. The fourth-order valence-electron chi connectivity index (χ4n) is 2.78. The Morgan fingerprint density at radius 1 is 1.00 bits per heavy atom. The first-order valence-corrected chi connectivity index (χ1v) is 8.88. The zero-order valence-corrected chi connectivity index (χ0v) is 13.7. The summed E-state index contributed by atoms with van der Waals surface area (Å²) in [7, 11) is -3.76. The zero-order chi connectivity index (χ0) is 16.7. The van der Waals surface area contributed by atoms with E-state index in [0.29, 0.717) is 22.2 Å². The number of fused-ring (bicyclic) bond motifs is 3. The molecule has 0 amide bonds. The predicted octanol–water partition coefficient (Wildman–Crippen LogP) is 4.09. The lowest BCUT2D eigenvalue weighted by Gasteiger charge is -2.09. The van der Waals surface area contributed by atoms with Gasteiger partial charge in [-0.3, -0.25) is 9.71 Å². The fourth-order valence-corrected chi connectivity index (χ4v) is 4.06. The summed E-state index contributed by atoms with van der Waals surface area (Å²) in [6.45, 7) is 1.90. The van der Waals surface area contributed by atoms with Crippen molar-refractivity contribution < 1.29 is 12.8 Å². The Kier molecular flexibility index (Phi) is 3.28. The molecule has 0 radical (unpaired) electrons. The predicted molar refractivity (Wildman–Crippen MR) is 93.5 cm³/mol. The number of aromatic nitrogens is 1. The average molecular weight is 338 g/mol. The molecular weight excluding hydrogens is 324 g/mol. The number of anilines is 1. The molecule has 24 heavy (non-hydrogen) atoms. The van der Waals surface area contributed by atoms with Crippen molar-refractivity contribution in [3.8, 4) is 0 Å². The van der Waals surface area contributed by atoms with Crippen molar-refractivity contribution in [2.45, 2.75) is 11.8 Å². The van der Waals surface area contributed by atoms with Crippen LogP contribution in [0.1, 0.15) is 5.56 Å². The van der Waals surface area contributed by atoms with Gasteiger partial charge in [-0.05, 0) is 36.8 Å². The van der Waals surface area contributed by atoms with Crippen LogP contribution in [0, 0.1) is 6.92 Å². The fraction of sp³-hybridized carbons (Fsp3) is 0.0556. The molecule has 2 aromatic heterocycles. The second-order valence-corrected chi connectivity index (χ2v) is 7.18. The Hall–Kier alpha value is -2.86. The van der Waals surface area contributed by atoms with Crippen molar-refractivity contribution >= 4 is 37.6 Å². The summed E-state index contributed by atoms with van der Waals surface area (Å²) < 4.78 is 34.2. The van der Waals surface area contributed by atoms with Crippen LogP contribution in [0.3, 0.4) is 0 Å². The van der Waals surface area contributed by atoms with Crippen LogP contribution in [0.5, 0.6) is 0 Å². The molecule has 120 valence electrons. The molecule has 1 N–H and O–H groups in total. The van der Waals surface area contributed by atoms with Crippen LogP contribution in [0.2, 0.25) is 0 Å². The maximum absolute atomic E-state index is 12.9. The number of benzene rings is 2. The number of furan rings is 1. The highest BCUT2D eigenvalue weighted by Crippen LogP contribution is 2.35. The maximum atomic E-state index is 12.9. The van der Waals surface area contributed by atoms with Crippen LogP contribution in [-0.4, -0.2) is 13.4 Å². The SMILES string of the molecule is Cc1ccc(S(=O)(=O)Nc2ccncc2)c2c1oc1ccccc12. The number of rotatable bonds is 3. The van der Waals surface area contributed by atoms with Crippen molar-refractivity contribution in [2.24, 2.45) is 0 Å². The summed E-state index contributed by atoms with van der Waals surface area (Å²) in [4.78, 5) is 4.09. The molecule has 0 fully saturated rings. The smallest absolute Gasteiger partial charge is 0.262 e. The lowest BCUT2D eigenvalue weighted by atomic mass is 10.1. The molecule has 0 aliphatic heterocycles. The van der Waals surface area contributed by atoms with Crippen molar-refractivity contribution in [3.05, 3.63) is 66.5 Å². The molecule has 2 heterocycles. The summed E-state index contributed by atoms with van der Waals surface area (Å²) in [6.07, 6.45) is 3.08. The van der Waals surface area contributed by atoms with E-state index in [2.05, 4.69) is 9.71 Å². The number of hydrogen-bond acceptors (Lipinski definition) is 4. The summed E-state index contributed by atoms with van der Waals surface area (Å²) >= 11 is 0. The van der Waals surface area contributed by atoms with Gasteiger partial charge in [0.2, 0.25) is 0 Å². The highest BCUT2D eigenvalue weighted by Gasteiger charge is 2.22. The molecule has 0 spiro atoms. The monoisotopic (exact) mass is 338 g/mol. The molecule has 4 rings (SSSR count). The molecule has 4 aromatic rings. The van der Waals surface area contributed by atoms with Gasteiger partial charge >= 0.3 is 0 Å². The standard InChI is InChI=1S/C18H14N2O3S/c1-12-6-7-16(24(21,22)20-13-8-10-19-11-9-13)17-14-4-2-3-5-15(14)23-18(12)17/h2-11H,1H3,(H,19,20). The van der Waals surface area contributed by atoms with Crippen LogP contribution in [0.15, 0.2) is 70.2 Å². The van der Waals surface area contributed by atoms with E-state index < -0.39 is 10.0 Å². The maximum Gasteiger partial charge on any atom is 0.262 e. The van der Waals surface area contributed by atoms with Crippen molar-refractivity contribution in [3.63, 3.8) is 0 Å². The van der Waals surface area contributed by atoms with E-state index in [1.54, 1.807) is 24.3 Å². The highest BCUT2D eigenvalue weighted by atomic mass is 32.2. The minimum atomic E-state index is -3.76. The molecule has 0 atom stereocenters. The average Bonchev–Trinajstić information content (AvgIpc) is 2.96. The number of pyridine rings is 1. The first-order chi connectivity index (χ1) is 11.6. The molecule has 0 saturated carbocycles. The molecule has 6 heteroatoms. The number of para-hydroxylation sites is 1. The zero-order valence-electron chi connectivity index (χ0n) is 12.9. The molecule has 0 saturated heterocycles. The molecule has 0 aliphatic rings. The van der Waals surface area contributed by atoms with Gasteiger partial charge in [-0.2, -0.15) is 0 Å². The summed E-state index contributed by atoms with van der Waals surface area (Å²) in [6, 6.07) is 14.0. The van der Waals surface area contributed by atoms with E-state index in [-0.39, 0.29) is 4.90 Å². The number of nitrogens with zero attached hydrogens (tertiary/aromatic N) is 1. The Morgan fingerprint density at radius 2 is 1.75 bits per heavy atom. The first-order valence-electron chi connectivity index (χ1n) is 7.40. The Labute approximate surface area is 139 Å². The molecule has 0 unspecified atom stereocenters. The quantitative estimate of drug-likeness (QED) is 0.611. The van der Waals surface area contributed by atoms with E-state index in [1.165, 1.54) is 12.4 Å². The minimum absolute atomic E-state index is 0.199. The van der Waals surface area contributed by atoms with Crippen molar-refractivity contribution in [2.75, 3.05) is 4.72 Å². The van der Waals surface area contributed by atoms with Gasteiger partial charge in [0.1, 0.15) is 11.2 Å². The third-order valence-electron chi connectivity index (χ3n) is 3.91. The van der Waals surface area contributed by atoms with E-state index in [1.807, 2.05) is 31.2 Å². The van der Waals surface area contributed by atoms with E-state index >= 15 is 0 Å². The summed E-state index contributed by atoms with van der Waals surface area (Å²) in [5, 5.41) is 1.39.